The number of anilines is 1. The quantitative estimate of drug-likeness (QED) is 0.451. The number of nitrogens with one attached hydrogen (secondary N) is 1. The van der Waals surface area contributed by atoms with Crippen LogP contribution in [-0.2, 0) is 26.2 Å². The summed E-state index contributed by atoms with van der Waals surface area (Å²) in [6, 6.07) is 13.9. The SMILES string of the molecule is CCCNC(=O)C(C)N(Cc1cccc(Br)c1)C(=O)CN(c1ccccc1C(C)C)S(C)(=O)=O. The molecule has 2 aromatic rings. The average molecular weight is 553 g/mol. The molecule has 2 aromatic carbocycles. The Kier molecular flexibility index (Phi) is 10.1. The van der Waals surface area contributed by atoms with Crippen molar-refractivity contribution in [3.63, 3.8) is 0 Å². The highest BCUT2D eigenvalue weighted by Crippen LogP contribution is 2.29. The molecular formula is C25H34BrN3O4S. The first kappa shape index (κ1) is 27.9. The molecule has 0 aliphatic carbocycles. The molecule has 2 amide bonds. The van der Waals surface area contributed by atoms with Gasteiger partial charge in [0, 0.05) is 17.6 Å². The Hall–Kier alpha value is -2.39. The number of benzene rings is 2. The summed E-state index contributed by atoms with van der Waals surface area (Å²) in [5.74, 6) is -0.672. The fourth-order valence-electron chi connectivity index (χ4n) is 3.61. The van der Waals surface area contributed by atoms with Gasteiger partial charge in [-0.15, -0.1) is 0 Å². The van der Waals surface area contributed by atoms with Gasteiger partial charge in [0.25, 0.3) is 0 Å². The van der Waals surface area contributed by atoms with Gasteiger partial charge in [-0.2, -0.15) is 0 Å². The molecular weight excluding hydrogens is 518 g/mol. The standard InChI is InChI=1S/C25H34BrN3O4S/c1-6-14-27-25(31)19(4)28(16-20-10-9-11-21(26)15-20)24(30)17-29(34(5,32)33)23-13-8-7-12-22(23)18(2)3/h7-13,15,18-19H,6,14,16-17H2,1-5H3,(H,27,31). The Balaban J connectivity index is 2.44. The predicted molar refractivity (Wildman–Crippen MR) is 140 cm³/mol. The van der Waals surface area contributed by atoms with E-state index in [0.717, 1.165) is 32.6 Å². The highest BCUT2D eigenvalue weighted by atomic mass is 79.9. The van der Waals surface area contributed by atoms with Crippen LogP contribution in [0.4, 0.5) is 5.69 Å². The van der Waals surface area contributed by atoms with Crippen LogP contribution in [0.15, 0.2) is 53.0 Å². The van der Waals surface area contributed by atoms with Crippen LogP contribution in [0.3, 0.4) is 0 Å². The Bertz CT molecular complexity index is 1100. The number of halogens is 1. The molecule has 0 aromatic heterocycles. The number of amides is 2. The molecule has 0 aliphatic rings. The van der Waals surface area contributed by atoms with Crippen LogP contribution in [0.2, 0.25) is 0 Å². The van der Waals surface area contributed by atoms with Crippen molar-refractivity contribution in [2.45, 2.75) is 52.6 Å². The summed E-state index contributed by atoms with van der Waals surface area (Å²) in [4.78, 5) is 27.8. The maximum atomic E-state index is 13.6. The van der Waals surface area contributed by atoms with Crippen molar-refractivity contribution >= 4 is 43.5 Å². The number of carbonyl (C=O) groups is 2. The van der Waals surface area contributed by atoms with Crippen molar-refractivity contribution in [3.05, 3.63) is 64.1 Å². The third-order valence-electron chi connectivity index (χ3n) is 5.47. The van der Waals surface area contributed by atoms with Crippen molar-refractivity contribution in [2.24, 2.45) is 0 Å². The van der Waals surface area contributed by atoms with Gasteiger partial charge in [-0.25, -0.2) is 8.42 Å². The van der Waals surface area contributed by atoms with Crippen LogP contribution in [0.25, 0.3) is 0 Å². The van der Waals surface area contributed by atoms with E-state index in [2.05, 4.69) is 21.2 Å². The van der Waals surface area contributed by atoms with E-state index in [0.29, 0.717) is 12.2 Å². The molecule has 1 atom stereocenters. The van der Waals surface area contributed by atoms with Crippen LogP contribution in [0.5, 0.6) is 0 Å². The van der Waals surface area contributed by atoms with Gasteiger partial charge in [-0.3, -0.25) is 13.9 Å². The molecule has 0 saturated heterocycles. The first-order valence-electron chi connectivity index (χ1n) is 11.3. The average Bonchev–Trinajstić information content (AvgIpc) is 2.78. The molecule has 1 N–H and O–H groups in total. The van der Waals surface area contributed by atoms with Gasteiger partial charge in [-0.1, -0.05) is 67.0 Å². The lowest BCUT2D eigenvalue weighted by Gasteiger charge is -2.32. The summed E-state index contributed by atoms with van der Waals surface area (Å²) >= 11 is 3.44. The summed E-state index contributed by atoms with van der Waals surface area (Å²) in [5.41, 5.74) is 2.12. The van der Waals surface area contributed by atoms with E-state index in [1.807, 2.05) is 57.2 Å². The molecule has 0 heterocycles. The third kappa shape index (κ3) is 7.56. The molecule has 0 spiro atoms. The van der Waals surface area contributed by atoms with Crippen LogP contribution in [0.1, 0.15) is 51.2 Å². The molecule has 34 heavy (non-hydrogen) atoms. The van der Waals surface area contributed by atoms with E-state index in [1.165, 1.54) is 4.90 Å². The molecule has 0 aliphatic heterocycles. The third-order valence-corrected chi connectivity index (χ3v) is 7.08. The van der Waals surface area contributed by atoms with Gasteiger partial charge in [0.05, 0.1) is 11.9 Å². The molecule has 0 bridgehead atoms. The van der Waals surface area contributed by atoms with E-state index in [1.54, 1.807) is 19.1 Å². The lowest BCUT2D eigenvalue weighted by molar-refractivity contribution is -0.139. The largest absolute Gasteiger partial charge is 0.354 e. The zero-order valence-electron chi connectivity index (χ0n) is 20.4. The number of sulfonamides is 1. The lowest BCUT2D eigenvalue weighted by atomic mass is 10.0. The molecule has 0 saturated carbocycles. The monoisotopic (exact) mass is 551 g/mol. The van der Waals surface area contributed by atoms with E-state index >= 15 is 0 Å². The number of rotatable bonds is 11. The fourth-order valence-corrected chi connectivity index (χ4v) is 4.92. The van der Waals surface area contributed by atoms with E-state index in [4.69, 9.17) is 0 Å². The fraction of sp³-hybridized carbons (Fsp3) is 0.440. The Labute approximate surface area is 211 Å². The van der Waals surface area contributed by atoms with Crippen LogP contribution in [0, 0.1) is 0 Å². The van der Waals surface area contributed by atoms with Gasteiger partial charge >= 0.3 is 0 Å². The van der Waals surface area contributed by atoms with Gasteiger partial charge in [0.2, 0.25) is 21.8 Å². The van der Waals surface area contributed by atoms with Crippen LogP contribution in [-0.4, -0.2) is 50.5 Å². The first-order valence-corrected chi connectivity index (χ1v) is 14.0. The highest BCUT2D eigenvalue weighted by molar-refractivity contribution is 9.10. The zero-order valence-corrected chi connectivity index (χ0v) is 22.8. The number of carbonyl (C=O) groups excluding carboxylic acids is 2. The summed E-state index contributed by atoms with van der Waals surface area (Å²) in [7, 11) is -3.76. The van der Waals surface area contributed by atoms with Gasteiger partial charge in [0.1, 0.15) is 12.6 Å². The van der Waals surface area contributed by atoms with E-state index in [-0.39, 0.29) is 18.4 Å². The van der Waals surface area contributed by atoms with Crippen molar-refractivity contribution in [1.82, 2.24) is 10.2 Å². The summed E-state index contributed by atoms with van der Waals surface area (Å²) in [6.07, 6.45) is 1.86. The highest BCUT2D eigenvalue weighted by Gasteiger charge is 2.31. The van der Waals surface area contributed by atoms with Gasteiger partial charge in [-0.05, 0) is 48.6 Å². The smallest absolute Gasteiger partial charge is 0.244 e. The van der Waals surface area contributed by atoms with E-state index < -0.39 is 28.5 Å². The second-order valence-electron chi connectivity index (χ2n) is 8.60. The van der Waals surface area contributed by atoms with E-state index in [9.17, 15) is 18.0 Å². The Morgan fingerprint density at radius 3 is 2.32 bits per heavy atom. The molecule has 9 heteroatoms. The van der Waals surface area contributed by atoms with Crippen molar-refractivity contribution in [1.29, 1.82) is 0 Å². The van der Waals surface area contributed by atoms with Gasteiger partial charge in [0.15, 0.2) is 0 Å². The van der Waals surface area contributed by atoms with Gasteiger partial charge < -0.3 is 10.2 Å². The summed E-state index contributed by atoms with van der Waals surface area (Å²) in [5, 5.41) is 2.83. The lowest BCUT2D eigenvalue weighted by Crippen LogP contribution is -2.51. The number of nitrogens with zero attached hydrogens (tertiary/aromatic N) is 2. The van der Waals surface area contributed by atoms with Crippen LogP contribution < -0.4 is 9.62 Å². The molecule has 0 radical (unpaired) electrons. The maximum absolute atomic E-state index is 13.6. The van der Waals surface area contributed by atoms with Crippen molar-refractivity contribution in [2.75, 3.05) is 23.7 Å². The summed E-state index contributed by atoms with van der Waals surface area (Å²) in [6.45, 7) is 7.82. The Morgan fingerprint density at radius 1 is 1.06 bits per heavy atom. The minimum Gasteiger partial charge on any atom is -0.354 e. The number of hydrogen-bond acceptors (Lipinski definition) is 4. The molecule has 7 nitrogen and oxygen atoms in total. The minimum atomic E-state index is -3.76. The van der Waals surface area contributed by atoms with Crippen molar-refractivity contribution < 1.29 is 18.0 Å². The maximum Gasteiger partial charge on any atom is 0.244 e. The molecule has 2 rings (SSSR count). The van der Waals surface area contributed by atoms with Crippen molar-refractivity contribution in [3.8, 4) is 0 Å². The molecule has 1 unspecified atom stereocenters. The summed E-state index contributed by atoms with van der Waals surface area (Å²) < 4.78 is 27.6. The van der Waals surface area contributed by atoms with Crippen LogP contribution >= 0.6 is 15.9 Å². The normalized spacial score (nSPS) is 12.3. The number of para-hydroxylation sites is 1. The second kappa shape index (κ2) is 12.4. The topological polar surface area (TPSA) is 86.8 Å². The molecule has 0 fully saturated rings. The molecule has 186 valence electrons. The number of hydrogen-bond donors (Lipinski definition) is 1. The first-order chi connectivity index (χ1) is 16.0. The zero-order chi connectivity index (χ0) is 25.5. The predicted octanol–water partition coefficient (Wildman–Crippen LogP) is 4.28. The second-order valence-corrected chi connectivity index (χ2v) is 11.4. The Morgan fingerprint density at radius 2 is 1.74 bits per heavy atom. The minimum absolute atomic E-state index is 0.0621.